The Morgan fingerprint density at radius 1 is 1.22 bits per heavy atom. The molecule has 0 aromatic heterocycles. The molecule has 0 unspecified atom stereocenters. The lowest BCUT2D eigenvalue weighted by Crippen LogP contribution is -2.46. The molecule has 0 radical (unpaired) electrons. The summed E-state index contributed by atoms with van der Waals surface area (Å²) in [5, 5.41) is 3.05. The fourth-order valence-corrected chi connectivity index (χ4v) is 3.71. The number of carbonyl (C=O) groups is 2. The van der Waals surface area contributed by atoms with Crippen molar-refractivity contribution in [2.75, 3.05) is 14.2 Å². The van der Waals surface area contributed by atoms with Crippen molar-refractivity contribution < 1.29 is 14.3 Å². The van der Waals surface area contributed by atoms with E-state index in [0.717, 1.165) is 16.9 Å². The number of rotatable bonds is 5. The maximum absolute atomic E-state index is 12.9. The number of carbonyl (C=O) groups excluding carboxylic acids is 2. The summed E-state index contributed by atoms with van der Waals surface area (Å²) in [5.41, 5.74) is 3.19. The van der Waals surface area contributed by atoms with E-state index in [1.807, 2.05) is 49.4 Å². The summed E-state index contributed by atoms with van der Waals surface area (Å²) in [6.07, 6.45) is 0.950. The first-order valence-electron chi connectivity index (χ1n) is 9.22. The van der Waals surface area contributed by atoms with E-state index < -0.39 is 0 Å². The molecule has 1 aliphatic heterocycles. The molecule has 0 saturated carbocycles. The molecule has 0 bridgehead atoms. The van der Waals surface area contributed by atoms with Crippen molar-refractivity contribution >= 4 is 11.8 Å². The summed E-state index contributed by atoms with van der Waals surface area (Å²) in [7, 11) is 3.39. The first kappa shape index (κ1) is 19.0. The van der Waals surface area contributed by atoms with Crippen LogP contribution in [-0.4, -0.2) is 30.9 Å². The van der Waals surface area contributed by atoms with Gasteiger partial charge in [-0.15, -0.1) is 0 Å². The van der Waals surface area contributed by atoms with Gasteiger partial charge < -0.3 is 15.0 Å². The van der Waals surface area contributed by atoms with Crippen LogP contribution in [0, 0.1) is 12.8 Å². The molecule has 1 N–H and O–H groups in total. The van der Waals surface area contributed by atoms with Gasteiger partial charge in [0.05, 0.1) is 19.1 Å². The van der Waals surface area contributed by atoms with Crippen LogP contribution in [0.2, 0.25) is 0 Å². The number of piperidine rings is 1. The molecular weight excluding hydrogens is 340 g/mol. The topological polar surface area (TPSA) is 58.6 Å². The highest BCUT2D eigenvalue weighted by atomic mass is 16.5. The van der Waals surface area contributed by atoms with Crippen LogP contribution in [0.15, 0.2) is 48.5 Å². The zero-order valence-corrected chi connectivity index (χ0v) is 16.1. The summed E-state index contributed by atoms with van der Waals surface area (Å²) >= 11 is 0. The van der Waals surface area contributed by atoms with E-state index in [2.05, 4.69) is 11.4 Å². The average molecular weight is 366 g/mol. The second kappa shape index (κ2) is 8.25. The van der Waals surface area contributed by atoms with Gasteiger partial charge in [0.15, 0.2) is 0 Å². The van der Waals surface area contributed by atoms with E-state index >= 15 is 0 Å². The van der Waals surface area contributed by atoms with Gasteiger partial charge in [-0.25, -0.2) is 0 Å². The zero-order valence-electron chi connectivity index (χ0n) is 16.1. The van der Waals surface area contributed by atoms with Crippen LogP contribution < -0.4 is 10.1 Å². The Labute approximate surface area is 160 Å². The number of ether oxygens (including phenoxy) is 1. The van der Waals surface area contributed by atoms with Gasteiger partial charge in [-0.05, 0) is 36.6 Å². The van der Waals surface area contributed by atoms with Crippen LogP contribution in [0.4, 0.5) is 0 Å². The molecule has 1 fully saturated rings. The maximum atomic E-state index is 12.9. The summed E-state index contributed by atoms with van der Waals surface area (Å²) in [6, 6.07) is 15.4. The summed E-state index contributed by atoms with van der Waals surface area (Å²) in [5.74, 6) is 0.533. The highest BCUT2D eigenvalue weighted by Crippen LogP contribution is 2.36. The van der Waals surface area contributed by atoms with Gasteiger partial charge in [0.1, 0.15) is 5.75 Å². The van der Waals surface area contributed by atoms with Crippen LogP contribution in [0.1, 0.15) is 35.6 Å². The molecule has 3 rings (SSSR count). The van der Waals surface area contributed by atoms with Crippen LogP contribution in [-0.2, 0) is 16.1 Å². The van der Waals surface area contributed by atoms with E-state index in [1.54, 1.807) is 19.1 Å². The Morgan fingerprint density at radius 2 is 1.96 bits per heavy atom. The molecule has 1 saturated heterocycles. The monoisotopic (exact) mass is 366 g/mol. The number of likely N-dealkylation sites (tertiary alicyclic amines) is 1. The fourth-order valence-electron chi connectivity index (χ4n) is 3.71. The molecule has 1 aliphatic rings. The van der Waals surface area contributed by atoms with E-state index in [0.29, 0.717) is 19.4 Å². The molecule has 27 heavy (non-hydrogen) atoms. The lowest BCUT2D eigenvalue weighted by molar-refractivity contribution is -0.141. The second-order valence-corrected chi connectivity index (χ2v) is 7.07. The Morgan fingerprint density at radius 3 is 2.63 bits per heavy atom. The van der Waals surface area contributed by atoms with Gasteiger partial charge in [0.2, 0.25) is 11.8 Å². The first-order valence-corrected chi connectivity index (χ1v) is 9.22. The van der Waals surface area contributed by atoms with E-state index in [-0.39, 0.29) is 23.8 Å². The quantitative estimate of drug-likeness (QED) is 0.884. The van der Waals surface area contributed by atoms with Crippen molar-refractivity contribution in [3.8, 4) is 5.75 Å². The lowest BCUT2D eigenvalue weighted by atomic mass is 9.84. The number of nitrogens with one attached hydrogen (secondary N) is 1. The maximum Gasteiger partial charge on any atom is 0.225 e. The molecule has 0 aliphatic carbocycles. The number of nitrogens with zero attached hydrogens (tertiary/aromatic N) is 1. The standard InChI is InChI=1S/C22H26N2O3/c1-15-5-4-6-16(13-15)14-23-22(26)19-11-12-20(25)24(2)21(19)17-7-9-18(27-3)10-8-17/h4-10,13,19,21H,11-12,14H2,1-3H3,(H,23,26)/t19-,21-/m1/s1. The largest absolute Gasteiger partial charge is 0.497 e. The number of aryl methyl sites for hydroxylation is 1. The number of methoxy groups -OCH3 is 1. The van der Waals surface area contributed by atoms with Crippen molar-refractivity contribution in [2.24, 2.45) is 5.92 Å². The SMILES string of the molecule is COc1ccc([C@@H]2[C@H](C(=O)NCc3cccc(C)c3)CCC(=O)N2C)cc1. The van der Waals surface area contributed by atoms with Crippen molar-refractivity contribution in [1.82, 2.24) is 10.2 Å². The Bertz CT molecular complexity index is 817. The van der Waals surface area contributed by atoms with Gasteiger partial charge in [0.25, 0.3) is 0 Å². The molecule has 2 amide bonds. The van der Waals surface area contributed by atoms with E-state index in [1.165, 1.54) is 5.56 Å². The smallest absolute Gasteiger partial charge is 0.225 e. The summed E-state index contributed by atoms with van der Waals surface area (Å²) < 4.78 is 5.22. The van der Waals surface area contributed by atoms with Crippen LogP contribution in [0.3, 0.4) is 0 Å². The normalized spacial score (nSPS) is 19.7. The number of hydrogen-bond acceptors (Lipinski definition) is 3. The molecule has 2 aromatic carbocycles. The molecule has 2 aromatic rings. The van der Waals surface area contributed by atoms with Crippen molar-refractivity contribution in [1.29, 1.82) is 0 Å². The summed E-state index contributed by atoms with van der Waals surface area (Å²) in [4.78, 5) is 26.9. The summed E-state index contributed by atoms with van der Waals surface area (Å²) in [6.45, 7) is 2.52. The zero-order chi connectivity index (χ0) is 19.4. The Balaban J connectivity index is 1.77. The Kier molecular flexibility index (Phi) is 5.79. The van der Waals surface area contributed by atoms with Crippen molar-refractivity contribution in [3.05, 3.63) is 65.2 Å². The fraction of sp³-hybridized carbons (Fsp3) is 0.364. The number of hydrogen-bond donors (Lipinski definition) is 1. The third-order valence-electron chi connectivity index (χ3n) is 5.20. The van der Waals surface area contributed by atoms with Crippen LogP contribution in [0.5, 0.6) is 5.75 Å². The third-order valence-corrected chi connectivity index (χ3v) is 5.20. The Hall–Kier alpha value is -2.82. The predicted octanol–water partition coefficient (Wildman–Crippen LogP) is 3.23. The third kappa shape index (κ3) is 4.30. The van der Waals surface area contributed by atoms with E-state index in [9.17, 15) is 9.59 Å². The molecule has 5 heteroatoms. The van der Waals surface area contributed by atoms with Gasteiger partial charge in [-0.3, -0.25) is 9.59 Å². The highest BCUT2D eigenvalue weighted by Gasteiger charge is 2.38. The number of amides is 2. The molecule has 1 heterocycles. The predicted molar refractivity (Wildman–Crippen MR) is 104 cm³/mol. The van der Waals surface area contributed by atoms with Gasteiger partial charge >= 0.3 is 0 Å². The highest BCUT2D eigenvalue weighted by molar-refractivity contribution is 5.84. The molecule has 142 valence electrons. The molecule has 5 nitrogen and oxygen atoms in total. The van der Waals surface area contributed by atoms with Crippen LogP contribution >= 0.6 is 0 Å². The molecular formula is C22H26N2O3. The van der Waals surface area contributed by atoms with Crippen LogP contribution in [0.25, 0.3) is 0 Å². The minimum absolute atomic E-state index is 0.0170. The lowest BCUT2D eigenvalue weighted by Gasteiger charge is -2.38. The minimum atomic E-state index is -0.272. The van der Waals surface area contributed by atoms with Crippen molar-refractivity contribution in [2.45, 2.75) is 32.4 Å². The van der Waals surface area contributed by atoms with Gasteiger partial charge in [-0.2, -0.15) is 0 Å². The minimum Gasteiger partial charge on any atom is -0.497 e. The van der Waals surface area contributed by atoms with E-state index in [4.69, 9.17) is 4.74 Å². The molecule has 0 spiro atoms. The van der Waals surface area contributed by atoms with Crippen molar-refractivity contribution in [3.63, 3.8) is 0 Å². The average Bonchev–Trinajstić information content (AvgIpc) is 2.68. The second-order valence-electron chi connectivity index (χ2n) is 7.07. The van der Waals surface area contributed by atoms with Gasteiger partial charge in [0, 0.05) is 20.0 Å². The first-order chi connectivity index (χ1) is 13.0. The van der Waals surface area contributed by atoms with Gasteiger partial charge in [-0.1, -0.05) is 42.0 Å². The molecule has 2 atom stereocenters. The number of benzene rings is 2.